The largest absolute Gasteiger partial charge is 0.379 e. The van der Waals surface area contributed by atoms with E-state index in [1.165, 1.54) is 37.9 Å². The van der Waals surface area contributed by atoms with Gasteiger partial charge in [-0.3, -0.25) is 9.89 Å². The zero-order valence-electron chi connectivity index (χ0n) is 18.8. The number of piperazine rings is 1. The summed E-state index contributed by atoms with van der Waals surface area (Å²) in [6.07, 6.45) is 5.09. The van der Waals surface area contributed by atoms with Crippen LogP contribution >= 0.6 is 24.0 Å². The van der Waals surface area contributed by atoms with Crippen LogP contribution < -0.4 is 10.2 Å². The number of hydrogen-bond acceptors (Lipinski definition) is 4. The van der Waals surface area contributed by atoms with Crippen molar-refractivity contribution in [2.45, 2.75) is 25.7 Å². The highest BCUT2D eigenvalue weighted by molar-refractivity contribution is 14.0. The van der Waals surface area contributed by atoms with E-state index >= 15 is 0 Å². The monoisotopic (exact) mass is 529 g/mol. The molecular formula is C23H40IN5O. The predicted molar refractivity (Wildman–Crippen MR) is 137 cm³/mol. The van der Waals surface area contributed by atoms with Crippen molar-refractivity contribution in [3.63, 3.8) is 0 Å². The molecule has 0 amide bonds. The lowest BCUT2D eigenvalue weighted by atomic mass is 10.2. The first kappa shape index (κ1) is 25.2. The quantitative estimate of drug-likeness (QED) is 0.207. The molecule has 6 nitrogen and oxygen atoms in total. The summed E-state index contributed by atoms with van der Waals surface area (Å²) in [7, 11) is 3.94. The molecule has 0 spiro atoms. The van der Waals surface area contributed by atoms with E-state index in [9.17, 15) is 0 Å². The number of halogens is 1. The van der Waals surface area contributed by atoms with Gasteiger partial charge in [0.25, 0.3) is 0 Å². The molecule has 30 heavy (non-hydrogen) atoms. The average molecular weight is 530 g/mol. The van der Waals surface area contributed by atoms with Gasteiger partial charge in [-0.1, -0.05) is 18.2 Å². The summed E-state index contributed by atoms with van der Waals surface area (Å²) in [5.41, 5.74) is 1.35. The molecule has 1 saturated heterocycles. The van der Waals surface area contributed by atoms with Gasteiger partial charge in [0.15, 0.2) is 5.96 Å². The second kappa shape index (κ2) is 14.1. The summed E-state index contributed by atoms with van der Waals surface area (Å²) in [5.74, 6) is 1.80. The van der Waals surface area contributed by atoms with E-state index in [4.69, 9.17) is 4.74 Å². The van der Waals surface area contributed by atoms with Gasteiger partial charge >= 0.3 is 0 Å². The fraction of sp³-hybridized carbons (Fsp3) is 0.696. The topological polar surface area (TPSA) is 43.3 Å². The molecule has 0 radical (unpaired) electrons. The Bertz CT molecular complexity index is 603. The Labute approximate surface area is 200 Å². The van der Waals surface area contributed by atoms with Gasteiger partial charge in [-0.2, -0.15) is 0 Å². The summed E-state index contributed by atoms with van der Waals surface area (Å²) in [4.78, 5) is 11.6. The van der Waals surface area contributed by atoms with Crippen LogP contribution in [-0.4, -0.2) is 88.9 Å². The molecule has 1 N–H and O–H groups in total. The molecule has 1 aliphatic heterocycles. The molecule has 3 rings (SSSR count). The van der Waals surface area contributed by atoms with Crippen molar-refractivity contribution in [2.24, 2.45) is 10.9 Å². The molecule has 1 aromatic carbocycles. The van der Waals surface area contributed by atoms with Gasteiger partial charge in [0.1, 0.15) is 0 Å². The van der Waals surface area contributed by atoms with Crippen molar-refractivity contribution in [2.75, 3.05) is 78.0 Å². The highest BCUT2D eigenvalue weighted by atomic mass is 127. The first-order valence-corrected chi connectivity index (χ1v) is 11.3. The Morgan fingerprint density at radius 2 is 1.87 bits per heavy atom. The van der Waals surface area contributed by atoms with E-state index in [-0.39, 0.29) is 24.0 Å². The standard InChI is InChI=1S/C23H39N5O.HI/c1-24-23(26(2)18-19-29-20-21-10-11-21)25-12-6-7-13-27-14-16-28(17-15-27)22-8-4-3-5-9-22;/h3-5,8-9,21H,6-7,10-20H2,1-2H3,(H,24,25);1H. The van der Waals surface area contributed by atoms with Gasteiger partial charge in [-0.05, 0) is 50.3 Å². The number of aliphatic imine (C=N–C) groups is 1. The van der Waals surface area contributed by atoms with E-state index in [0.29, 0.717) is 0 Å². The second-order valence-corrected chi connectivity index (χ2v) is 8.29. The van der Waals surface area contributed by atoms with Crippen LogP contribution in [0.4, 0.5) is 5.69 Å². The maximum Gasteiger partial charge on any atom is 0.193 e. The maximum atomic E-state index is 5.74. The van der Waals surface area contributed by atoms with Crippen molar-refractivity contribution in [3.8, 4) is 0 Å². The Hall–Kier alpha value is -1.06. The summed E-state index contributed by atoms with van der Waals surface area (Å²) < 4.78 is 5.74. The minimum atomic E-state index is 0. The lowest BCUT2D eigenvalue weighted by Gasteiger charge is -2.36. The molecule has 1 aromatic rings. The van der Waals surface area contributed by atoms with Crippen molar-refractivity contribution in [1.82, 2.24) is 15.1 Å². The molecule has 2 aliphatic rings. The minimum absolute atomic E-state index is 0. The number of ether oxygens (including phenoxy) is 1. The molecule has 0 unspecified atom stereocenters. The number of likely N-dealkylation sites (N-methyl/N-ethyl adjacent to an activating group) is 1. The molecule has 170 valence electrons. The van der Waals surface area contributed by atoms with E-state index < -0.39 is 0 Å². The van der Waals surface area contributed by atoms with Gasteiger partial charge in [-0.25, -0.2) is 0 Å². The molecule has 7 heteroatoms. The number of unbranched alkanes of at least 4 members (excludes halogenated alkanes) is 1. The molecule has 1 saturated carbocycles. The number of para-hydroxylation sites is 1. The average Bonchev–Trinajstić information content (AvgIpc) is 3.59. The first-order valence-electron chi connectivity index (χ1n) is 11.3. The zero-order chi connectivity index (χ0) is 20.3. The van der Waals surface area contributed by atoms with E-state index in [0.717, 1.165) is 64.4 Å². The van der Waals surface area contributed by atoms with Crippen molar-refractivity contribution >= 4 is 35.6 Å². The maximum absolute atomic E-state index is 5.74. The highest BCUT2D eigenvalue weighted by Crippen LogP contribution is 2.28. The first-order chi connectivity index (χ1) is 14.3. The smallest absolute Gasteiger partial charge is 0.193 e. The number of rotatable bonds is 11. The van der Waals surface area contributed by atoms with Crippen molar-refractivity contribution in [1.29, 1.82) is 0 Å². The summed E-state index contributed by atoms with van der Waals surface area (Å²) in [6.45, 7) is 9.34. The number of nitrogens with one attached hydrogen (secondary N) is 1. The Kier molecular flexibility index (Phi) is 11.8. The predicted octanol–water partition coefficient (Wildman–Crippen LogP) is 3.14. The van der Waals surface area contributed by atoms with Gasteiger partial charge < -0.3 is 19.9 Å². The lowest BCUT2D eigenvalue weighted by molar-refractivity contribution is 0.115. The third kappa shape index (κ3) is 8.98. The summed E-state index contributed by atoms with van der Waals surface area (Å²) in [5, 5.41) is 3.49. The third-order valence-electron chi connectivity index (χ3n) is 5.87. The van der Waals surface area contributed by atoms with Gasteiger partial charge in [0.2, 0.25) is 0 Å². The minimum Gasteiger partial charge on any atom is -0.379 e. The van der Waals surface area contributed by atoms with Crippen LogP contribution in [0.15, 0.2) is 35.3 Å². The molecule has 1 heterocycles. The van der Waals surface area contributed by atoms with Gasteiger partial charge in [0, 0.05) is 65.7 Å². The SMILES string of the molecule is CN=C(NCCCCN1CCN(c2ccccc2)CC1)N(C)CCOCC1CC1.I. The van der Waals surface area contributed by atoms with E-state index in [1.807, 2.05) is 7.05 Å². The number of guanidine groups is 1. The Morgan fingerprint density at radius 3 is 2.53 bits per heavy atom. The molecule has 0 bridgehead atoms. The van der Waals surface area contributed by atoms with E-state index in [1.54, 1.807) is 0 Å². The number of hydrogen-bond donors (Lipinski definition) is 1. The van der Waals surface area contributed by atoms with Crippen LogP contribution in [0, 0.1) is 5.92 Å². The normalized spacial score (nSPS) is 17.5. The van der Waals surface area contributed by atoms with Crippen LogP contribution in [0.25, 0.3) is 0 Å². The van der Waals surface area contributed by atoms with Gasteiger partial charge in [-0.15, -0.1) is 24.0 Å². The lowest BCUT2D eigenvalue weighted by Crippen LogP contribution is -2.46. The fourth-order valence-corrected chi connectivity index (χ4v) is 3.76. The molecule has 0 atom stereocenters. The zero-order valence-corrected chi connectivity index (χ0v) is 21.1. The van der Waals surface area contributed by atoms with Crippen LogP contribution in [-0.2, 0) is 4.74 Å². The third-order valence-corrected chi connectivity index (χ3v) is 5.87. The molecule has 0 aromatic heterocycles. The summed E-state index contributed by atoms with van der Waals surface area (Å²) in [6, 6.07) is 10.8. The number of benzene rings is 1. The van der Waals surface area contributed by atoms with Crippen LogP contribution in [0.3, 0.4) is 0 Å². The van der Waals surface area contributed by atoms with Crippen LogP contribution in [0.2, 0.25) is 0 Å². The number of nitrogens with zero attached hydrogens (tertiary/aromatic N) is 4. The van der Waals surface area contributed by atoms with E-state index in [2.05, 4.69) is 62.4 Å². The molecular weight excluding hydrogens is 489 g/mol. The van der Waals surface area contributed by atoms with Crippen molar-refractivity contribution < 1.29 is 4.74 Å². The van der Waals surface area contributed by atoms with Crippen LogP contribution in [0.1, 0.15) is 25.7 Å². The second-order valence-electron chi connectivity index (χ2n) is 8.29. The van der Waals surface area contributed by atoms with Crippen molar-refractivity contribution in [3.05, 3.63) is 30.3 Å². The molecule has 1 aliphatic carbocycles. The highest BCUT2D eigenvalue weighted by Gasteiger charge is 2.21. The fourth-order valence-electron chi connectivity index (χ4n) is 3.76. The Morgan fingerprint density at radius 1 is 1.13 bits per heavy atom. The number of anilines is 1. The van der Waals surface area contributed by atoms with Crippen LogP contribution in [0.5, 0.6) is 0 Å². The van der Waals surface area contributed by atoms with Gasteiger partial charge in [0.05, 0.1) is 6.61 Å². The summed E-state index contributed by atoms with van der Waals surface area (Å²) >= 11 is 0. The molecule has 2 fully saturated rings. The Balaban J connectivity index is 0.00000320.